The fraction of sp³-hybridized carbons (Fsp3) is 0. The van der Waals surface area contributed by atoms with Crippen LogP contribution in [0.25, 0.3) is 28.0 Å². The van der Waals surface area contributed by atoms with Crippen molar-refractivity contribution in [2.75, 3.05) is 5.32 Å². The average Bonchev–Trinajstić information content (AvgIpc) is 3.41. The Bertz CT molecular complexity index is 1410. The van der Waals surface area contributed by atoms with Gasteiger partial charge >= 0.3 is 0 Å². The van der Waals surface area contributed by atoms with Gasteiger partial charge in [-0.05, 0) is 66.7 Å². The van der Waals surface area contributed by atoms with E-state index in [-0.39, 0.29) is 11.6 Å². The number of rotatable bonds is 4. The molecular weight excluding hydrogens is 419 g/mol. The third kappa shape index (κ3) is 3.91. The van der Waals surface area contributed by atoms with Crippen molar-refractivity contribution in [1.82, 2.24) is 15.0 Å². The molecule has 1 amide bonds. The molecule has 0 spiro atoms. The smallest absolute Gasteiger partial charge is 0.291 e. The molecule has 152 valence electrons. The Kier molecular flexibility index (Phi) is 4.72. The zero-order valence-corrected chi connectivity index (χ0v) is 16.7. The van der Waals surface area contributed by atoms with E-state index < -0.39 is 5.91 Å². The fourth-order valence-corrected chi connectivity index (χ4v) is 3.32. The number of carbonyl (C=O) groups is 1. The Morgan fingerprint density at radius 1 is 0.935 bits per heavy atom. The highest BCUT2D eigenvalue weighted by Gasteiger charge is 2.14. The lowest BCUT2D eigenvalue weighted by Gasteiger charge is -2.03. The summed E-state index contributed by atoms with van der Waals surface area (Å²) in [6.45, 7) is 0. The van der Waals surface area contributed by atoms with Crippen LogP contribution < -0.4 is 5.32 Å². The van der Waals surface area contributed by atoms with Crippen molar-refractivity contribution in [3.63, 3.8) is 0 Å². The SMILES string of the molecule is O=C(Nc1ccc2nn(-c3ccc(F)cc3)nc2c1)c1ccc(-c2cccc(Cl)c2)o1. The summed E-state index contributed by atoms with van der Waals surface area (Å²) in [5.41, 5.74) is 3.19. The first-order valence-corrected chi connectivity index (χ1v) is 9.73. The maximum absolute atomic E-state index is 13.1. The highest BCUT2D eigenvalue weighted by Crippen LogP contribution is 2.25. The van der Waals surface area contributed by atoms with Gasteiger partial charge in [-0.3, -0.25) is 4.79 Å². The molecule has 0 aliphatic rings. The largest absolute Gasteiger partial charge is 0.451 e. The van der Waals surface area contributed by atoms with E-state index in [1.165, 1.54) is 16.9 Å². The summed E-state index contributed by atoms with van der Waals surface area (Å²) in [5, 5.41) is 12.2. The minimum Gasteiger partial charge on any atom is -0.451 e. The van der Waals surface area contributed by atoms with Crippen molar-refractivity contribution in [2.24, 2.45) is 0 Å². The van der Waals surface area contributed by atoms with Crippen LogP contribution in [-0.2, 0) is 0 Å². The molecule has 2 aromatic heterocycles. The highest BCUT2D eigenvalue weighted by atomic mass is 35.5. The van der Waals surface area contributed by atoms with Crippen molar-refractivity contribution < 1.29 is 13.6 Å². The summed E-state index contributed by atoms with van der Waals surface area (Å²) in [4.78, 5) is 14.0. The van der Waals surface area contributed by atoms with Gasteiger partial charge in [-0.2, -0.15) is 4.80 Å². The Balaban J connectivity index is 1.36. The van der Waals surface area contributed by atoms with Crippen LogP contribution in [0, 0.1) is 5.82 Å². The fourth-order valence-electron chi connectivity index (χ4n) is 3.13. The summed E-state index contributed by atoms with van der Waals surface area (Å²) in [6.07, 6.45) is 0. The van der Waals surface area contributed by atoms with Gasteiger partial charge < -0.3 is 9.73 Å². The summed E-state index contributed by atoms with van der Waals surface area (Å²) in [5.74, 6) is -0.00385. The Morgan fingerprint density at radius 2 is 1.74 bits per heavy atom. The van der Waals surface area contributed by atoms with E-state index in [2.05, 4.69) is 15.5 Å². The van der Waals surface area contributed by atoms with Gasteiger partial charge in [-0.25, -0.2) is 4.39 Å². The first-order valence-electron chi connectivity index (χ1n) is 9.35. The van der Waals surface area contributed by atoms with Gasteiger partial charge in [0.25, 0.3) is 5.91 Å². The van der Waals surface area contributed by atoms with Crippen LogP contribution in [0.4, 0.5) is 10.1 Å². The molecule has 8 heteroatoms. The maximum Gasteiger partial charge on any atom is 0.291 e. The molecule has 0 bridgehead atoms. The number of furan rings is 1. The van der Waals surface area contributed by atoms with E-state index in [1.807, 2.05) is 12.1 Å². The quantitative estimate of drug-likeness (QED) is 0.394. The van der Waals surface area contributed by atoms with Crippen LogP contribution in [0.15, 0.2) is 83.3 Å². The van der Waals surface area contributed by atoms with E-state index in [4.69, 9.17) is 16.0 Å². The number of hydrogen-bond donors (Lipinski definition) is 1. The summed E-state index contributed by atoms with van der Waals surface area (Å²) in [7, 11) is 0. The van der Waals surface area contributed by atoms with Crippen LogP contribution in [0.5, 0.6) is 0 Å². The zero-order valence-electron chi connectivity index (χ0n) is 15.9. The van der Waals surface area contributed by atoms with E-state index in [0.717, 1.165) is 5.56 Å². The number of fused-ring (bicyclic) bond motifs is 1. The molecule has 3 aromatic carbocycles. The number of benzene rings is 3. The normalized spacial score (nSPS) is 11.0. The van der Waals surface area contributed by atoms with Crippen LogP contribution >= 0.6 is 11.6 Å². The average molecular weight is 433 g/mol. The Morgan fingerprint density at radius 3 is 2.55 bits per heavy atom. The first-order chi connectivity index (χ1) is 15.0. The van der Waals surface area contributed by atoms with Crippen LogP contribution in [0.1, 0.15) is 10.6 Å². The first kappa shape index (κ1) is 19.0. The Labute approximate surface area is 180 Å². The second kappa shape index (κ2) is 7.70. The van der Waals surface area contributed by atoms with Gasteiger partial charge in [0.2, 0.25) is 0 Å². The number of nitrogens with zero attached hydrogens (tertiary/aromatic N) is 3. The Hall–Kier alpha value is -3.97. The van der Waals surface area contributed by atoms with Crippen LogP contribution in [-0.4, -0.2) is 20.9 Å². The third-order valence-electron chi connectivity index (χ3n) is 4.63. The van der Waals surface area contributed by atoms with Gasteiger partial charge in [0.15, 0.2) is 5.76 Å². The third-order valence-corrected chi connectivity index (χ3v) is 4.87. The van der Waals surface area contributed by atoms with Crippen molar-refractivity contribution in [3.05, 3.63) is 95.5 Å². The monoisotopic (exact) mass is 432 g/mol. The number of amides is 1. The van der Waals surface area contributed by atoms with Crippen LogP contribution in [0.3, 0.4) is 0 Å². The molecule has 0 aliphatic heterocycles. The van der Waals surface area contributed by atoms with Crippen molar-refractivity contribution in [2.45, 2.75) is 0 Å². The van der Waals surface area contributed by atoms with E-state index in [9.17, 15) is 9.18 Å². The topological polar surface area (TPSA) is 73.0 Å². The number of nitrogens with one attached hydrogen (secondary N) is 1. The molecule has 0 fully saturated rings. The molecule has 0 aliphatic carbocycles. The van der Waals surface area contributed by atoms with Gasteiger partial charge in [-0.15, -0.1) is 10.2 Å². The number of anilines is 1. The lowest BCUT2D eigenvalue weighted by Crippen LogP contribution is -2.10. The van der Waals surface area contributed by atoms with Gasteiger partial charge in [0, 0.05) is 16.3 Å². The number of hydrogen-bond acceptors (Lipinski definition) is 4. The van der Waals surface area contributed by atoms with E-state index in [1.54, 1.807) is 54.6 Å². The number of carbonyl (C=O) groups excluding carboxylic acids is 1. The standard InChI is InChI=1S/C23H14ClFN4O2/c24-15-3-1-2-14(12-15)21-10-11-22(31-21)23(30)26-17-6-9-19-20(13-17)28-29(27-19)18-7-4-16(25)5-8-18/h1-13H,(H,26,30). The maximum atomic E-state index is 13.1. The van der Waals surface area contributed by atoms with Gasteiger partial charge in [0.1, 0.15) is 22.6 Å². The molecular formula is C23H14ClFN4O2. The zero-order chi connectivity index (χ0) is 21.4. The molecule has 6 nitrogen and oxygen atoms in total. The molecule has 0 radical (unpaired) electrons. The van der Waals surface area contributed by atoms with Crippen molar-refractivity contribution in [3.8, 4) is 17.0 Å². The summed E-state index contributed by atoms with van der Waals surface area (Å²) in [6, 6.07) is 21.6. The lowest BCUT2D eigenvalue weighted by atomic mass is 10.2. The van der Waals surface area contributed by atoms with E-state index in [0.29, 0.717) is 33.2 Å². The molecule has 31 heavy (non-hydrogen) atoms. The molecule has 0 saturated carbocycles. The minimum atomic E-state index is -0.390. The molecule has 2 heterocycles. The number of halogens is 2. The minimum absolute atomic E-state index is 0.171. The van der Waals surface area contributed by atoms with Gasteiger partial charge in [0.05, 0.1) is 5.69 Å². The predicted molar refractivity (Wildman–Crippen MR) is 116 cm³/mol. The molecule has 5 aromatic rings. The molecule has 5 rings (SSSR count). The molecule has 0 saturated heterocycles. The summed E-state index contributed by atoms with van der Waals surface area (Å²) >= 11 is 6.02. The lowest BCUT2D eigenvalue weighted by molar-refractivity contribution is 0.0997. The highest BCUT2D eigenvalue weighted by molar-refractivity contribution is 6.30. The summed E-state index contributed by atoms with van der Waals surface area (Å²) < 4.78 is 18.8. The molecule has 1 N–H and O–H groups in total. The van der Waals surface area contributed by atoms with Crippen LogP contribution in [0.2, 0.25) is 5.02 Å². The van der Waals surface area contributed by atoms with Crippen molar-refractivity contribution in [1.29, 1.82) is 0 Å². The number of aromatic nitrogens is 3. The van der Waals surface area contributed by atoms with Crippen molar-refractivity contribution >= 4 is 34.2 Å². The van der Waals surface area contributed by atoms with Gasteiger partial charge in [-0.1, -0.05) is 23.7 Å². The predicted octanol–water partition coefficient (Wildman–Crippen LogP) is 5.73. The van der Waals surface area contributed by atoms with E-state index >= 15 is 0 Å². The molecule has 0 unspecified atom stereocenters. The second-order valence-electron chi connectivity index (χ2n) is 6.80. The second-order valence-corrected chi connectivity index (χ2v) is 7.23. The molecule has 0 atom stereocenters.